The van der Waals surface area contributed by atoms with E-state index in [1.54, 1.807) is 0 Å². The molecule has 1 aliphatic heterocycles. The van der Waals surface area contributed by atoms with Crippen molar-refractivity contribution in [3.05, 3.63) is 53.1 Å². The van der Waals surface area contributed by atoms with Crippen molar-refractivity contribution in [3.8, 4) is 17.2 Å². The normalized spacial score (nSPS) is 12.3. The van der Waals surface area contributed by atoms with Crippen LogP contribution in [-0.2, 0) is 6.61 Å². The number of hydrogen-bond donors (Lipinski definition) is 0. The molecule has 0 radical (unpaired) electrons. The van der Waals surface area contributed by atoms with E-state index in [0.29, 0.717) is 34.7 Å². The first-order chi connectivity index (χ1) is 10.2. The van der Waals surface area contributed by atoms with Gasteiger partial charge in [-0.15, -0.1) is 0 Å². The summed E-state index contributed by atoms with van der Waals surface area (Å²) < 4.78 is 41.8. The number of aldehydes is 1. The second kappa shape index (κ2) is 5.40. The first-order valence-corrected chi connectivity index (χ1v) is 6.13. The van der Waals surface area contributed by atoms with E-state index in [2.05, 4.69) is 0 Å². The smallest absolute Gasteiger partial charge is 0.231 e. The molecule has 0 spiro atoms. The van der Waals surface area contributed by atoms with E-state index in [0.717, 1.165) is 12.1 Å². The number of benzene rings is 2. The first-order valence-electron chi connectivity index (χ1n) is 6.13. The van der Waals surface area contributed by atoms with Gasteiger partial charge >= 0.3 is 0 Å². The van der Waals surface area contributed by atoms with Crippen molar-refractivity contribution in [3.63, 3.8) is 0 Å². The SMILES string of the molecule is O=Cc1cc2c(cc1OCc1ccc(F)c(F)c1)OCO2. The Morgan fingerprint density at radius 2 is 1.86 bits per heavy atom. The van der Waals surface area contributed by atoms with Crippen molar-refractivity contribution in [1.29, 1.82) is 0 Å². The zero-order valence-electron chi connectivity index (χ0n) is 10.8. The lowest BCUT2D eigenvalue weighted by atomic mass is 10.2. The van der Waals surface area contributed by atoms with Crippen LogP contribution in [0.25, 0.3) is 0 Å². The summed E-state index contributed by atoms with van der Waals surface area (Å²) in [4.78, 5) is 11.1. The minimum Gasteiger partial charge on any atom is -0.488 e. The number of halogens is 2. The van der Waals surface area contributed by atoms with Crippen molar-refractivity contribution < 1.29 is 27.8 Å². The zero-order valence-corrected chi connectivity index (χ0v) is 10.8. The van der Waals surface area contributed by atoms with Gasteiger partial charge in [0, 0.05) is 6.07 Å². The Labute approximate surface area is 118 Å². The summed E-state index contributed by atoms with van der Waals surface area (Å²) in [5.41, 5.74) is 0.741. The number of carbonyl (C=O) groups is 1. The fourth-order valence-electron chi connectivity index (χ4n) is 1.95. The molecule has 3 rings (SSSR count). The molecule has 0 atom stereocenters. The summed E-state index contributed by atoms with van der Waals surface area (Å²) in [5.74, 6) is -0.634. The third-order valence-electron chi connectivity index (χ3n) is 3.01. The molecule has 0 N–H and O–H groups in total. The molecule has 21 heavy (non-hydrogen) atoms. The Hall–Kier alpha value is -2.63. The summed E-state index contributed by atoms with van der Waals surface area (Å²) in [5, 5.41) is 0. The van der Waals surface area contributed by atoms with E-state index >= 15 is 0 Å². The van der Waals surface area contributed by atoms with Gasteiger partial charge in [0.2, 0.25) is 6.79 Å². The molecule has 0 saturated heterocycles. The Morgan fingerprint density at radius 1 is 1.10 bits per heavy atom. The van der Waals surface area contributed by atoms with E-state index in [1.165, 1.54) is 18.2 Å². The van der Waals surface area contributed by atoms with Crippen LogP contribution in [0, 0.1) is 11.6 Å². The third-order valence-corrected chi connectivity index (χ3v) is 3.01. The lowest BCUT2D eigenvalue weighted by Gasteiger charge is -2.10. The highest BCUT2D eigenvalue weighted by Crippen LogP contribution is 2.37. The molecule has 0 fully saturated rings. The van der Waals surface area contributed by atoms with Gasteiger partial charge < -0.3 is 14.2 Å². The first kappa shape index (κ1) is 13.4. The monoisotopic (exact) mass is 292 g/mol. The van der Waals surface area contributed by atoms with Gasteiger partial charge in [0.15, 0.2) is 29.4 Å². The molecule has 2 aromatic carbocycles. The van der Waals surface area contributed by atoms with Crippen molar-refractivity contribution in [2.45, 2.75) is 6.61 Å². The molecule has 108 valence electrons. The maximum absolute atomic E-state index is 13.1. The molecule has 4 nitrogen and oxygen atoms in total. The second-order valence-electron chi connectivity index (χ2n) is 4.40. The molecule has 0 unspecified atom stereocenters. The fourth-order valence-corrected chi connectivity index (χ4v) is 1.95. The van der Waals surface area contributed by atoms with Crippen molar-refractivity contribution >= 4 is 6.29 Å². The quantitative estimate of drug-likeness (QED) is 0.812. The molecule has 6 heteroatoms. The van der Waals surface area contributed by atoms with E-state index in [-0.39, 0.29) is 13.4 Å². The van der Waals surface area contributed by atoms with E-state index in [4.69, 9.17) is 14.2 Å². The van der Waals surface area contributed by atoms with Crippen LogP contribution in [0.2, 0.25) is 0 Å². The van der Waals surface area contributed by atoms with Crippen LogP contribution in [0.3, 0.4) is 0 Å². The van der Waals surface area contributed by atoms with Gasteiger partial charge in [-0.3, -0.25) is 4.79 Å². The molecule has 0 aromatic heterocycles. The summed E-state index contributed by atoms with van der Waals surface area (Å²) in [6.07, 6.45) is 0.628. The van der Waals surface area contributed by atoms with E-state index in [9.17, 15) is 13.6 Å². The topological polar surface area (TPSA) is 44.8 Å². The number of carbonyl (C=O) groups excluding carboxylic acids is 1. The Morgan fingerprint density at radius 3 is 2.57 bits per heavy atom. The van der Waals surface area contributed by atoms with Gasteiger partial charge in [0.25, 0.3) is 0 Å². The van der Waals surface area contributed by atoms with Gasteiger partial charge in [-0.1, -0.05) is 6.07 Å². The number of ether oxygens (including phenoxy) is 3. The average molecular weight is 292 g/mol. The predicted octanol–water partition coefficient (Wildman–Crippen LogP) is 3.09. The highest BCUT2D eigenvalue weighted by Gasteiger charge is 2.18. The van der Waals surface area contributed by atoms with Crippen LogP contribution < -0.4 is 14.2 Å². The minimum atomic E-state index is -0.947. The van der Waals surface area contributed by atoms with Crippen LogP contribution in [0.5, 0.6) is 17.2 Å². The summed E-state index contributed by atoms with van der Waals surface area (Å²) in [6, 6.07) is 6.52. The van der Waals surface area contributed by atoms with Crippen molar-refractivity contribution in [2.24, 2.45) is 0 Å². The van der Waals surface area contributed by atoms with Gasteiger partial charge in [-0.05, 0) is 23.8 Å². The number of hydrogen-bond acceptors (Lipinski definition) is 4. The van der Waals surface area contributed by atoms with Crippen LogP contribution in [0.4, 0.5) is 8.78 Å². The highest BCUT2D eigenvalue weighted by molar-refractivity contribution is 5.81. The molecule has 0 aliphatic carbocycles. The lowest BCUT2D eigenvalue weighted by molar-refractivity contribution is 0.111. The Kier molecular flexibility index (Phi) is 3.43. The molecule has 0 amide bonds. The fraction of sp³-hybridized carbons (Fsp3) is 0.133. The predicted molar refractivity (Wildman–Crippen MR) is 68.6 cm³/mol. The van der Waals surface area contributed by atoms with Gasteiger partial charge in [0.05, 0.1) is 5.56 Å². The summed E-state index contributed by atoms with van der Waals surface area (Å²) >= 11 is 0. The Bertz CT molecular complexity index is 700. The van der Waals surface area contributed by atoms with Gasteiger partial charge in [-0.25, -0.2) is 8.78 Å². The highest BCUT2D eigenvalue weighted by atomic mass is 19.2. The summed E-state index contributed by atoms with van der Waals surface area (Å²) in [7, 11) is 0. The molecule has 1 aliphatic rings. The maximum Gasteiger partial charge on any atom is 0.231 e. The molecule has 2 aromatic rings. The van der Waals surface area contributed by atoms with Gasteiger partial charge in [0.1, 0.15) is 12.4 Å². The van der Waals surface area contributed by atoms with E-state index in [1.807, 2.05) is 0 Å². The van der Waals surface area contributed by atoms with Crippen LogP contribution >= 0.6 is 0 Å². The third kappa shape index (κ3) is 2.65. The number of rotatable bonds is 4. The zero-order chi connectivity index (χ0) is 14.8. The molecular formula is C15H10F2O4. The van der Waals surface area contributed by atoms with Crippen molar-refractivity contribution in [2.75, 3.05) is 6.79 Å². The second-order valence-corrected chi connectivity index (χ2v) is 4.40. The molecule has 0 bridgehead atoms. The Balaban J connectivity index is 1.81. The summed E-state index contributed by atoms with van der Waals surface area (Å²) in [6.45, 7) is 0.0813. The lowest BCUT2D eigenvalue weighted by Crippen LogP contribution is -1.99. The molecule has 0 saturated carbocycles. The minimum absolute atomic E-state index is 0.00230. The van der Waals surface area contributed by atoms with Crippen LogP contribution in [0.1, 0.15) is 15.9 Å². The van der Waals surface area contributed by atoms with Crippen molar-refractivity contribution in [1.82, 2.24) is 0 Å². The average Bonchev–Trinajstić information content (AvgIpc) is 2.94. The maximum atomic E-state index is 13.1. The van der Waals surface area contributed by atoms with Crippen LogP contribution in [-0.4, -0.2) is 13.1 Å². The molecular weight excluding hydrogens is 282 g/mol. The largest absolute Gasteiger partial charge is 0.488 e. The van der Waals surface area contributed by atoms with Crippen LogP contribution in [0.15, 0.2) is 30.3 Å². The molecule has 1 heterocycles. The van der Waals surface area contributed by atoms with Gasteiger partial charge in [-0.2, -0.15) is 0 Å². The van der Waals surface area contributed by atoms with E-state index < -0.39 is 11.6 Å². The number of fused-ring (bicyclic) bond motifs is 1. The standard InChI is InChI=1S/C15H10F2O4/c16-11-2-1-9(3-12(11)17)7-19-13-5-15-14(20-8-21-15)4-10(13)6-18/h1-6H,7-8H2.